The summed E-state index contributed by atoms with van der Waals surface area (Å²) in [6.07, 6.45) is 0. The van der Waals surface area contributed by atoms with Crippen molar-refractivity contribution in [1.29, 1.82) is 10.5 Å². The van der Waals surface area contributed by atoms with Gasteiger partial charge in [-0.05, 0) is 62.7 Å². The summed E-state index contributed by atoms with van der Waals surface area (Å²) in [5, 5.41) is 27.1. The fraction of sp³-hybridized carbons (Fsp3) is 0. The number of aromatic nitrogens is 1. The zero-order chi connectivity index (χ0) is 32.5. The summed E-state index contributed by atoms with van der Waals surface area (Å²) >= 11 is 0. The van der Waals surface area contributed by atoms with Crippen molar-refractivity contribution in [3.8, 4) is 29.0 Å². The van der Waals surface area contributed by atoms with Crippen LogP contribution in [0, 0.1) is 22.7 Å². The zero-order valence-corrected chi connectivity index (χ0v) is 27.1. The Morgan fingerprint density at radius 1 is 0.417 bits per heavy atom. The second kappa shape index (κ2) is 12.0. The third kappa shape index (κ3) is 4.55. The lowest BCUT2D eigenvalue weighted by Gasteiger charge is -2.36. The highest BCUT2D eigenvalue weighted by Crippen LogP contribution is 2.37. The van der Waals surface area contributed by atoms with Gasteiger partial charge in [0.2, 0.25) is 0 Å². The van der Waals surface area contributed by atoms with Crippen LogP contribution in [-0.4, -0.2) is 12.6 Å². The highest BCUT2D eigenvalue weighted by Gasteiger charge is 2.43. The Bertz CT molecular complexity index is 2430. The molecular formula is C44H29N3Si. The summed E-state index contributed by atoms with van der Waals surface area (Å²) in [5.41, 5.74) is 6.30. The summed E-state index contributed by atoms with van der Waals surface area (Å²) < 4.78 is 2.26. The smallest absolute Gasteiger partial charge is 0.180 e. The van der Waals surface area contributed by atoms with Crippen LogP contribution in [0.1, 0.15) is 11.1 Å². The molecule has 1 aromatic heterocycles. The van der Waals surface area contributed by atoms with Crippen LogP contribution in [0.2, 0.25) is 0 Å². The molecule has 0 saturated carbocycles. The van der Waals surface area contributed by atoms with Crippen LogP contribution >= 0.6 is 0 Å². The molecule has 4 heteroatoms. The van der Waals surface area contributed by atoms with Crippen LogP contribution in [0.25, 0.3) is 38.6 Å². The van der Waals surface area contributed by atoms with Crippen LogP contribution in [-0.2, 0) is 0 Å². The first-order valence-electron chi connectivity index (χ1n) is 16.0. The fourth-order valence-electron chi connectivity index (χ4n) is 7.39. The summed E-state index contributed by atoms with van der Waals surface area (Å²) in [6.45, 7) is 0. The molecule has 0 unspecified atom stereocenters. The van der Waals surface area contributed by atoms with E-state index in [1.54, 1.807) is 0 Å². The Labute approximate surface area is 280 Å². The number of fused-ring (bicyclic) bond motifs is 3. The molecule has 0 aliphatic carbocycles. The average molecular weight is 628 g/mol. The number of rotatable bonds is 6. The van der Waals surface area contributed by atoms with Crippen molar-refractivity contribution in [3.05, 3.63) is 187 Å². The lowest BCUT2D eigenvalue weighted by molar-refractivity contribution is 1.18. The first-order chi connectivity index (χ1) is 23.7. The molecule has 0 atom stereocenters. The van der Waals surface area contributed by atoms with E-state index >= 15 is 0 Å². The second-order valence-corrected chi connectivity index (χ2v) is 15.7. The summed E-state index contributed by atoms with van der Waals surface area (Å²) in [4.78, 5) is 0. The van der Waals surface area contributed by atoms with E-state index in [0.717, 1.165) is 38.6 Å². The van der Waals surface area contributed by atoms with Crippen LogP contribution in [0.15, 0.2) is 176 Å². The van der Waals surface area contributed by atoms with E-state index in [1.165, 1.54) is 20.7 Å². The largest absolute Gasteiger partial charge is 0.309 e. The Balaban J connectivity index is 1.51. The molecular weight excluding hydrogens is 599 g/mol. The third-order valence-electron chi connectivity index (χ3n) is 9.41. The molecule has 0 amide bonds. The van der Waals surface area contributed by atoms with Gasteiger partial charge >= 0.3 is 0 Å². The maximum absolute atomic E-state index is 10.2. The number of hydrogen-bond acceptors (Lipinski definition) is 2. The molecule has 0 aliphatic rings. The summed E-state index contributed by atoms with van der Waals surface area (Å²) in [5.74, 6) is 0. The zero-order valence-electron chi connectivity index (χ0n) is 26.1. The quantitative estimate of drug-likeness (QED) is 0.141. The molecule has 224 valence electrons. The molecule has 1 heterocycles. The summed E-state index contributed by atoms with van der Waals surface area (Å²) in [7, 11) is -2.89. The molecule has 7 aromatic carbocycles. The van der Waals surface area contributed by atoms with Crippen LogP contribution in [0.3, 0.4) is 0 Å². The number of para-hydroxylation sites is 1. The first-order valence-corrected chi connectivity index (χ1v) is 18.0. The Kier molecular flexibility index (Phi) is 7.27. The highest BCUT2D eigenvalue weighted by molar-refractivity contribution is 7.20. The van der Waals surface area contributed by atoms with Crippen LogP contribution in [0.4, 0.5) is 0 Å². The highest BCUT2D eigenvalue weighted by atomic mass is 28.3. The van der Waals surface area contributed by atoms with Gasteiger partial charge in [0.05, 0.1) is 40.0 Å². The van der Waals surface area contributed by atoms with E-state index < -0.39 is 8.07 Å². The monoisotopic (exact) mass is 627 g/mol. The number of nitrogens with zero attached hydrogens (tertiary/aromatic N) is 3. The van der Waals surface area contributed by atoms with Gasteiger partial charge in [0.1, 0.15) is 0 Å². The van der Waals surface area contributed by atoms with Crippen molar-refractivity contribution in [2.45, 2.75) is 0 Å². The molecule has 0 fully saturated rings. The maximum Gasteiger partial charge on any atom is 0.180 e. The predicted octanol–water partition coefficient (Wildman–Crippen LogP) is 7.57. The van der Waals surface area contributed by atoms with Gasteiger partial charge in [-0.2, -0.15) is 10.5 Å². The van der Waals surface area contributed by atoms with Gasteiger partial charge in [-0.15, -0.1) is 0 Å². The summed E-state index contributed by atoms with van der Waals surface area (Å²) in [6, 6.07) is 66.5. The van der Waals surface area contributed by atoms with E-state index in [0.29, 0.717) is 11.1 Å². The Hall–Kier alpha value is -6.46. The van der Waals surface area contributed by atoms with Crippen molar-refractivity contribution >= 4 is 50.6 Å². The van der Waals surface area contributed by atoms with E-state index in [2.05, 4.69) is 150 Å². The van der Waals surface area contributed by atoms with Gasteiger partial charge in [-0.1, -0.05) is 140 Å². The Morgan fingerprint density at radius 2 is 0.917 bits per heavy atom. The molecule has 8 aromatic rings. The number of hydrogen-bond donors (Lipinski definition) is 0. The normalized spacial score (nSPS) is 11.3. The number of benzene rings is 7. The van der Waals surface area contributed by atoms with Crippen LogP contribution in [0.5, 0.6) is 0 Å². The standard InChI is InChI=1S/C44H29N3Si/c45-30-32-25-27-42-40(28-32)37-20-10-12-22-41(37)47(42)43-29-33(31-46)24-26-38(43)39-21-11-13-23-44(39)48(34-14-4-1-5-15-34,35-16-6-2-7-17-35)36-18-8-3-9-19-36/h1-29H. The van der Waals surface area contributed by atoms with Gasteiger partial charge in [-0.3, -0.25) is 0 Å². The SMILES string of the molecule is N#Cc1ccc(-c2ccccc2[Si](c2ccccc2)(c2ccccc2)c2ccccc2)c(-n2c3ccccc3c3cc(C#N)ccc32)c1. The van der Waals surface area contributed by atoms with Crippen molar-refractivity contribution in [2.75, 3.05) is 0 Å². The van der Waals surface area contributed by atoms with Gasteiger partial charge in [0.15, 0.2) is 8.07 Å². The molecule has 0 N–H and O–H groups in total. The van der Waals surface area contributed by atoms with Crippen molar-refractivity contribution in [1.82, 2.24) is 4.57 Å². The van der Waals surface area contributed by atoms with Gasteiger partial charge in [0, 0.05) is 16.3 Å². The first kappa shape index (κ1) is 29.0. The molecule has 0 radical (unpaired) electrons. The molecule has 3 nitrogen and oxygen atoms in total. The van der Waals surface area contributed by atoms with E-state index in [4.69, 9.17) is 0 Å². The molecule has 0 saturated heterocycles. The minimum absolute atomic E-state index is 0.587. The molecule has 0 aliphatic heterocycles. The topological polar surface area (TPSA) is 52.5 Å². The number of nitriles is 2. The van der Waals surface area contributed by atoms with Crippen molar-refractivity contribution in [3.63, 3.8) is 0 Å². The lowest BCUT2D eigenvalue weighted by atomic mass is 10.0. The van der Waals surface area contributed by atoms with E-state index in [9.17, 15) is 10.5 Å². The van der Waals surface area contributed by atoms with Crippen molar-refractivity contribution < 1.29 is 0 Å². The molecule has 48 heavy (non-hydrogen) atoms. The minimum Gasteiger partial charge on any atom is -0.309 e. The lowest BCUT2D eigenvalue weighted by Crippen LogP contribution is -2.75. The van der Waals surface area contributed by atoms with Gasteiger partial charge < -0.3 is 4.57 Å². The minimum atomic E-state index is -2.89. The average Bonchev–Trinajstić information content (AvgIpc) is 3.50. The van der Waals surface area contributed by atoms with Gasteiger partial charge in [0.25, 0.3) is 0 Å². The third-order valence-corrected chi connectivity index (χ3v) is 14.3. The van der Waals surface area contributed by atoms with E-state index in [-0.39, 0.29) is 0 Å². The molecule has 0 spiro atoms. The molecule has 0 bridgehead atoms. The second-order valence-electron chi connectivity index (χ2n) is 11.9. The maximum atomic E-state index is 10.2. The van der Waals surface area contributed by atoms with E-state index in [1.807, 2.05) is 42.5 Å². The van der Waals surface area contributed by atoms with Crippen molar-refractivity contribution in [2.24, 2.45) is 0 Å². The van der Waals surface area contributed by atoms with Gasteiger partial charge in [-0.25, -0.2) is 0 Å². The Morgan fingerprint density at radius 3 is 1.54 bits per heavy atom. The molecule has 8 rings (SSSR count). The van der Waals surface area contributed by atoms with Crippen LogP contribution < -0.4 is 20.7 Å². The fourth-order valence-corrected chi connectivity index (χ4v) is 12.4. The predicted molar refractivity (Wildman–Crippen MR) is 199 cm³/mol.